The van der Waals surface area contributed by atoms with Crippen molar-refractivity contribution in [2.75, 3.05) is 19.1 Å². The maximum absolute atomic E-state index is 13.9. The molecule has 0 aliphatic heterocycles. The number of hydrogen-bond donors (Lipinski definition) is 1. The van der Waals surface area contributed by atoms with Crippen molar-refractivity contribution in [2.45, 2.75) is 30.8 Å². The summed E-state index contributed by atoms with van der Waals surface area (Å²) < 4.78 is 40.0. The van der Waals surface area contributed by atoms with E-state index in [1.807, 2.05) is 13.2 Å². The van der Waals surface area contributed by atoms with Crippen molar-refractivity contribution in [1.82, 2.24) is 4.31 Å². The molecule has 0 fully saturated rings. The topological polar surface area (TPSA) is 63.4 Å². The standard InChI is InChI=1S/C13H21FN2O2S2/c1-10(6-7-19-3)16(2)20(17,18)13-5-4-11(9-15)8-12(13)14/h4-5,8,10H,6-7,9,15H2,1-3H3. The van der Waals surface area contributed by atoms with E-state index in [-0.39, 0.29) is 17.5 Å². The number of nitrogens with two attached hydrogens (primary N) is 1. The average molecular weight is 320 g/mol. The summed E-state index contributed by atoms with van der Waals surface area (Å²) in [6.45, 7) is 2.00. The van der Waals surface area contributed by atoms with Crippen LogP contribution in [0, 0.1) is 5.82 Å². The summed E-state index contributed by atoms with van der Waals surface area (Å²) in [5.74, 6) is 0.104. The molecular weight excluding hydrogens is 299 g/mol. The average Bonchev–Trinajstić information content (AvgIpc) is 2.43. The quantitative estimate of drug-likeness (QED) is 0.835. The molecule has 1 unspecified atom stereocenters. The predicted molar refractivity (Wildman–Crippen MR) is 81.7 cm³/mol. The van der Waals surface area contributed by atoms with Gasteiger partial charge in [-0.05, 0) is 43.0 Å². The van der Waals surface area contributed by atoms with Gasteiger partial charge < -0.3 is 5.73 Å². The number of benzene rings is 1. The van der Waals surface area contributed by atoms with E-state index in [9.17, 15) is 12.8 Å². The molecule has 0 heterocycles. The normalized spacial score (nSPS) is 13.7. The van der Waals surface area contributed by atoms with Crippen LogP contribution in [0.3, 0.4) is 0 Å². The second-order valence-corrected chi connectivity index (χ2v) is 7.57. The Morgan fingerprint density at radius 3 is 2.60 bits per heavy atom. The van der Waals surface area contributed by atoms with Crippen LogP contribution in [0.15, 0.2) is 23.1 Å². The number of sulfonamides is 1. The SMILES string of the molecule is CSCCC(C)N(C)S(=O)(=O)c1ccc(CN)cc1F. The fourth-order valence-electron chi connectivity index (χ4n) is 1.74. The summed E-state index contributed by atoms with van der Waals surface area (Å²) in [5, 5.41) is 0. The van der Waals surface area contributed by atoms with E-state index < -0.39 is 15.8 Å². The second-order valence-electron chi connectivity index (χ2n) is 4.62. The first kappa shape index (κ1) is 17.4. The third-order valence-electron chi connectivity index (χ3n) is 3.25. The van der Waals surface area contributed by atoms with Gasteiger partial charge in [0.1, 0.15) is 10.7 Å². The first-order valence-corrected chi connectivity index (χ1v) is 9.13. The maximum atomic E-state index is 13.9. The van der Waals surface area contributed by atoms with Crippen LogP contribution in [-0.2, 0) is 16.6 Å². The Labute approximate surface area is 124 Å². The molecule has 0 aromatic heterocycles. The molecule has 2 N–H and O–H groups in total. The lowest BCUT2D eigenvalue weighted by Crippen LogP contribution is -2.35. The van der Waals surface area contributed by atoms with Gasteiger partial charge in [-0.2, -0.15) is 16.1 Å². The van der Waals surface area contributed by atoms with E-state index in [4.69, 9.17) is 5.73 Å². The monoisotopic (exact) mass is 320 g/mol. The summed E-state index contributed by atoms with van der Waals surface area (Å²) in [4.78, 5) is -0.298. The van der Waals surface area contributed by atoms with Crippen LogP contribution in [0.4, 0.5) is 4.39 Å². The molecule has 1 aromatic rings. The number of rotatable bonds is 7. The Kier molecular flexibility index (Phi) is 6.44. The van der Waals surface area contributed by atoms with Gasteiger partial charge in [-0.3, -0.25) is 0 Å². The first-order chi connectivity index (χ1) is 9.34. The second kappa shape index (κ2) is 7.40. The smallest absolute Gasteiger partial charge is 0.245 e. The maximum Gasteiger partial charge on any atom is 0.245 e. The summed E-state index contributed by atoms with van der Waals surface area (Å²) >= 11 is 1.65. The van der Waals surface area contributed by atoms with Gasteiger partial charge in [0.25, 0.3) is 0 Å². The van der Waals surface area contributed by atoms with Crippen molar-refractivity contribution >= 4 is 21.8 Å². The molecule has 114 valence electrons. The third-order valence-corrected chi connectivity index (χ3v) is 5.90. The van der Waals surface area contributed by atoms with E-state index in [1.54, 1.807) is 11.8 Å². The number of halogens is 1. The van der Waals surface area contributed by atoms with E-state index in [1.165, 1.54) is 29.6 Å². The van der Waals surface area contributed by atoms with Crippen LogP contribution >= 0.6 is 11.8 Å². The van der Waals surface area contributed by atoms with Crippen LogP contribution in [0.5, 0.6) is 0 Å². The lowest BCUT2D eigenvalue weighted by atomic mass is 10.2. The van der Waals surface area contributed by atoms with Gasteiger partial charge in [0, 0.05) is 19.6 Å². The number of nitrogens with zero attached hydrogens (tertiary/aromatic N) is 1. The summed E-state index contributed by atoms with van der Waals surface area (Å²) in [5.41, 5.74) is 5.98. The molecule has 1 rings (SSSR count). The van der Waals surface area contributed by atoms with Gasteiger partial charge >= 0.3 is 0 Å². The summed E-state index contributed by atoms with van der Waals surface area (Å²) in [6.07, 6.45) is 2.69. The Morgan fingerprint density at radius 2 is 2.10 bits per heavy atom. The molecular formula is C13H21FN2O2S2. The molecule has 4 nitrogen and oxygen atoms in total. The molecule has 0 bridgehead atoms. The van der Waals surface area contributed by atoms with Gasteiger partial charge in [0.15, 0.2) is 0 Å². The number of thioether (sulfide) groups is 1. The van der Waals surface area contributed by atoms with Gasteiger partial charge in [0.2, 0.25) is 10.0 Å². The number of hydrogen-bond acceptors (Lipinski definition) is 4. The van der Waals surface area contributed by atoms with Crippen molar-refractivity contribution in [1.29, 1.82) is 0 Å². The van der Waals surface area contributed by atoms with E-state index in [0.29, 0.717) is 5.56 Å². The van der Waals surface area contributed by atoms with Crippen molar-refractivity contribution in [3.05, 3.63) is 29.6 Å². The van der Waals surface area contributed by atoms with E-state index in [2.05, 4.69) is 0 Å². The van der Waals surface area contributed by atoms with Crippen molar-refractivity contribution in [2.24, 2.45) is 5.73 Å². The van der Waals surface area contributed by atoms with Crippen LogP contribution in [-0.4, -0.2) is 37.8 Å². The van der Waals surface area contributed by atoms with Crippen molar-refractivity contribution in [3.63, 3.8) is 0 Å². The lowest BCUT2D eigenvalue weighted by Gasteiger charge is -2.24. The zero-order chi connectivity index (χ0) is 15.3. The van der Waals surface area contributed by atoms with Gasteiger partial charge in [-0.15, -0.1) is 0 Å². The molecule has 0 aliphatic rings. The Hall–Kier alpha value is -0.630. The molecule has 0 spiro atoms. The summed E-state index contributed by atoms with van der Waals surface area (Å²) in [6, 6.07) is 3.81. The molecule has 0 aliphatic carbocycles. The van der Waals surface area contributed by atoms with Gasteiger partial charge in [-0.25, -0.2) is 12.8 Å². The van der Waals surface area contributed by atoms with Crippen LogP contribution in [0.25, 0.3) is 0 Å². The molecule has 0 radical (unpaired) electrons. The van der Waals surface area contributed by atoms with E-state index >= 15 is 0 Å². The Bertz CT molecular complexity index is 549. The fourth-order valence-corrected chi connectivity index (χ4v) is 3.75. The minimum atomic E-state index is -3.82. The van der Waals surface area contributed by atoms with Crippen LogP contribution in [0.2, 0.25) is 0 Å². The minimum Gasteiger partial charge on any atom is -0.326 e. The first-order valence-electron chi connectivity index (χ1n) is 6.30. The predicted octanol–water partition coefficient (Wildman–Crippen LogP) is 2.05. The zero-order valence-electron chi connectivity index (χ0n) is 12.0. The fraction of sp³-hybridized carbons (Fsp3) is 0.538. The highest BCUT2D eigenvalue weighted by Crippen LogP contribution is 2.22. The molecule has 0 saturated carbocycles. The molecule has 20 heavy (non-hydrogen) atoms. The molecule has 7 heteroatoms. The molecule has 1 aromatic carbocycles. The van der Waals surface area contributed by atoms with Gasteiger partial charge in [0.05, 0.1) is 0 Å². The largest absolute Gasteiger partial charge is 0.326 e. The molecule has 0 saturated heterocycles. The van der Waals surface area contributed by atoms with Crippen LogP contribution < -0.4 is 5.73 Å². The lowest BCUT2D eigenvalue weighted by molar-refractivity contribution is 0.380. The van der Waals surface area contributed by atoms with Crippen molar-refractivity contribution in [3.8, 4) is 0 Å². The zero-order valence-corrected chi connectivity index (χ0v) is 13.6. The summed E-state index contributed by atoms with van der Waals surface area (Å²) in [7, 11) is -2.33. The van der Waals surface area contributed by atoms with Crippen LogP contribution in [0.1, 0.15) is 18.9 Å². The Morgan fingerprint density at radius 1 is 1.45 bits per heavy atom. The minimum absolute atomic E-state index is 0.178. The van der Waals surface area contributed by atoms with Crippen molar-refractivity contribution < 1.29 is 12.8 Å². The Balaban J connectivity index is 3.04. The van der Waals surface area contributed by atoms with Gasteiger partial charge in [-0.1, -0.05) is 6.07 Å². The molecule has 1 atom stereocenters. The van der Waals surface area contributed by atoms with E-state index in [0.717, 1.165) is 12.2 Å². The highest BCUT2D eigenvalue weighted by molar-refractivity contribution is 7.98. The third kappa shape index (κ3) is 3.94. The highest BCUT2D eigenvalue weighted by atomic mass is 32.2. The molecule has 0 amide bonds. The highest BCUT2D eigenvalue weighted by Gasteiger charge is 2.27.